The largest absolute Gasteiger partial charge is 0.456 e. The number of pyridine rings is 1. The van der Waals surface area contributed by atoms with E-state index in [0.717, 1.165) is 5.56 Å². The van der Waals surface area contributed by atoms with Gasteiger partial charge in [0, 0.05) is 12.4 Å². The van der Waals surface area contributed by atoms with Crippen molar-refractivity contribution >= 4 is 18.3 Å². The molecule has 18 heavy (non-hydrogen) atoms. The third-order valence-corrected chi connectivity index (χ3v) is 2.26. The summed E-state index contributed by atoms with van der Waals surface area (Å²) >= 11 is 0. The number of hydrogen-bond donors (Lipinski definition) is 1. The molecule has 1 aromatic carbocycles. The van der Waals surface area contributed by atoms with E-state index >= 15 is 0 Å². The van der Waals surface area contributed by atoms with Gasteiger partial charge in [0.2, 0.25) is 0 Å². The first-order valence-electron chi connectivity index (χ1n) is 5.15. The van der Waals surface area contributed by atoms with Gasteiger partial charge in [0.05, 0.1) is 0 Å². The SMILES string of the molecule is Cc1cccc(Oc2ccncc2C(N)=O)c1.Cl. The van der Waals surface area contributed by atoms with Crippen LogP contribution in [0.1, 0.15) is 15.9 Å². The fraction of sp³-hybridized carbons (Fsp3) is 0.0769. The molecule has 4 nitrogen and oxygen atoms in total. The van der Waals surface area contributed by atoms with Crippen molar-refractivity contribution in [2.24, 2.45) is 5.73 Å². The van der Waals surface area contributed by atoms with Crippen LogP contribution in [0.15, 0.2) is 42.7 Å². The summed E-state index contributed by atoms with van der Waals surface area (Å²) in [5, 5.41) is 0. The molecule has 1 heterocycles. The van der Waals surface area contributed by atoms with E-state index in [0.29, 0.717) is 11.5 Å². The Morgan fingerprint density at radius 1 is 1.33 bits per heavy atom. The standard InChI is InChI=1S/C13H12N2O2.ClH/c1-9-3-2-4-10(7-9)17-12-5-6-15-8-11(12)13(14)16;/h2-8H,1H3,(H2,14,16);1H. The quantitative estimate of drug-likeness (QED) is 0.927. The molecule has 0 radical (unpaired) electrons. The second-order valence-electron chi connectivity index (χ2n) is 3.65. The smallest absolute Gasteiger partial charge is 0.254 e. The average Bonchev–Trinajstić information content (AvgIpc) is 2.29. The number of carbonyl (C=O) groups excluding carboxylic acids is 1. The number of nitrogens with two attached hydrogens (primary N) is 1. The van der Waals surface area contributed by atoms with Gasteiger partial charge in [0.25, 0.3) is 5.91 Å². The zero-order valence-electron chi connectivity index (χ0n) is 9.79. The summed E-state index contributed by atoms with van der Waals surface area (Å²) in [4.78, 5) is 15.0. The van der Waals surface area contributed by atoms with Crippen LogP contribution in [0.5, 0.6) is 11.5 Å². The van der Waals surface area contributed by atoms with Crippen molar-refractivity contribution in [2.75, 3.05) is 0 Å². The highest BCUT2D eigenvalue weighted by atomic mass is 35.5. The molecule has 0 aliphatic rings. The van der Waals surface area contributed by atoms with Crippen LogP contribution in [0.3, 0.4) is 0 Å². The van der Waals surface area contributed by atoms with Crippen molar-refractivity contribution < 1.29 is 9.53 Å². The minimum atomic E-state index is -0.555. The lowest BCUT2D eigenvalue weighted by molar-refractivity contribution is 0.0997. The number of hydrogen-bond acceptors (Lipinski definition) is 3. The molecular formula is C13H13ClN2O2. The highest BCUT2D eigenvalue weighted by molar-refractivity contribution is 5.95. The van der Waals surface area contributed by atoms with Gasteiger partial charge in [0.15, 0.2) is 0 Å². The van der Waals surface area contributed by atoms with Crippen LogP contribution in [0, 0.1) is 6.92 Å². The Labute approximate surface area is 111 Å². The minimum Gasteiger partial charge on any atom is -0.456 e. The second kappa shape index (κ2) is 6.02. The maximum Gasteiger partial charge on any atom is 0.254 e. The van der Waals surface area contributed by atoms with E-state index in [1.165, 1.54) is 6.20 Å². The number of ether oxygens (including phenoxy) is 1. The van der Waals surface area contributed by atoms with Gasteiger partial charge in [-0.1, -0.05) is 12.1 Å². The summed E-state index contributed by atoms with van der Waals surface area (Å²) in [5.74, 6) is 0.526. The van der Waals surface area contributed by atoms with Crippen LogP contribution in [0.4, 0.5) is 0 Å². The van der Waals surface area contributed by atoms with Crippen molar-refractivity contribution in [3.63, 3.8) is 0 Å². The molecule has 0 spiro atoms. The molecule has 0 saturated carbocycles. The fourth-order valence-electron chi connectivity index (χ4n) is 1.46. The van der Waals surface area contributed by atoms with Crippen molar-refractivity contribution in [2.45, 2.75) is 6.92 Å². The summed E-state index contributed by atoms with van der Waals surface area (Å²) in [7, 11) is 0. The summed E-state index contributed by atoms with van der Waals surface area (Å²) < 4.78 is 5.61. The molecule has 0 atom stereocenters. The third kappa shape index (κ3) is 3.21. The van der Waals surface area contributed by atoms with Crippen LogP contribution < -0.4 is 10.5 Å². The van der Waals surface area contributed by atoms with Crippen molar-refractivity contribution in [3.05, 3.63) is 53.9 Å². The molecule has 5 heteroatoms. The van der Waals surface area contributed by atoms with Gasteiger partial charge in [-0.2, -0.15) is 0 Å². The summed E-state index contributed by atoms with van der Waals surface area (Å²) in [5.41, 5.74) is 6.59. The molecule has 0 unspecified atom stereocenters. The fourth-order valence-corrected chi connectivity index (χ4v) is 1.46. The normalized spacial score (nSPS) is 9.39. The lowest BCUT2D eigenvalue weighted by Crippen LogP contribution is -2.12. The van der Waals surface area contributed by atoms with Gasteiger partial charge in [-0.25, -0.2) is 0 Å². The van der Waals surface area contributed by atoms with Crippen LogP contribution in [0.2, 0.25) is 0 Å². The number of benzene rings is 1. The lowest BCUT2D eigenvalue weighted by atomic mass is 10.2. The zero-order valence-corrected chi connectivity index (χ0v) is 10.6. The van der Waals surface area contributed by atoms with E-state index in [9.17, 15) is 4.79 Å². The van der Waals surface area contributed by atoms with Crippen LogP contribution in [-0.2, 0) is 0 Å². The molecule has 2 N–H and O–H groups in total. The molecule has 2 aromatic rings. The first kappa shape index (κ1) is 14.0. The third-order valence-electron chi connectivity index (χ3n) is 2.26. The van der Waals surface area contributed by atoms with E-state index < -0.39 is 5.91 Å². The van der Waals surface area contributed by atoms with E-state index in [2.05, 4.69) is 4.98 Å². The lowest BCUT2D eigenvalue weighted by Gasteiger charge is -2.08. The molecule has 1 aromatic heterocycles. The Morgan fingerprint density at radius 3 is 2.78 bits per heavy atom. The Morgan fingerprint density at radius 2 is 2.11 bits per heavy atom. The second-order valence-corrected chi connectivity index (χ2v) is 3.65. The van der Waals surface area contributed by atoms with Gasteiger partial charge in [0.1, 0.15) is 17.1 Å². The number of aryl methyl sites for hydroxylation is 1. The highest BCUT2D eigenvalue weighted by Crippen LogP contribution is 2.24. The number of nitrogens with zero attached hydrogens (tertiary/aromatic N) is 1. The number of halogens is 1. The molecule has 0 aliphatic heterocycles. The molecule has 0 saturated heterocycles. The van der Waals surface area contributed by atoms with E-state index in [4.69, 9.17) is 10.5 Å². The van der Waals surface area contributed by atoms with Gasteiger partial charge in [-0.05, 0) is 30.7 Å². The highest BCUT2D eigenvalue weighted by Gasteiger charge is 2.09. The number of carbonyl (C=O) groups is 1. The predicted octanol–water partition coefficient (Wildman–Crippen LogP) is 2.70. The summed E-state index contributed by atoms with van der Waals surface area (Å²) in [6, 6.07) is 9.16. The summed E-state index contributed by atoms with van der Waals surface area (Å²) in [6.45, 7) is 1.97. The summed E-state index contributed by atoms with van der Waals surface area (Å²) in [6.07, 6.45) is 2.95. The van der Waals surface area contributed by atoms with E-state index in [1.807, 2.05) is 31.2 Å². The Hall–Kier alpha value is -2.07. The maximum atomic E-state index is 11.2. The number of aromatic nitrogens is 1. The molecule has 1 amide bonds. The maximum absolute atomic E-state index is 11.2. The topological polar surface area (TPSA) is 65.2 Å². The average molecular weight is 265 g/mol. The Bertz CT molecular complexity index is 558. The van der Waals surface area contributed by atoms with Crippen molar-refractivity contribution in [1.29, 1.82) is 0 Å². The number of primary amides is 1. The number of amides is 1. The van der Waals surface area contributed by atoms with E-state index in [-0.39, 0.29) is 18.0 Å². The monoisotopic (exact) mass is 264 g/mol. The van der Waals surface area contributed by atoms with Gasteiger partial charge in [-0.3, -0.25) is 9.78 Å². The van der Waals surface area contributed by atoms with Gasteiger partial charge < -0.3 is 10.5 Å². The molecule has 0 fully saturated rings. The van der Waals surface area contributed by atoms with Crippen molar-refractivity contribution in [1.82, 2.24) is 4.98 Å². The molecule has 94 valence electrons. The van der Waals surface area contributed by atoms with Crippen molar-refractivity contribution in [3.8, 4) is 11.5 Å². The molecular weight excluding hydrogens is 252 g/mol. The van der Waals surface area contributed by atoms with Crippen LogP contribution in [0.25, 0.3) is 0 Å². The first-order chi connectivity index (χ1) is 8.16. The zero-order chi connectivity index (χ0) is 12.3. The van der Waals surface area contributed by atoms with Crippen LogP contribution in [-0.4, -0.2) is 10.9 Å². The first-order valence-corrected chi connectivity index (χ1v) is 5.15. The van der Waals surface area contributed by atoms with Gasteiger partial charge >= 0.3 is 0 Å². The Kier molecular flexibility index (Phi) is 4.68. The minimum absolute atomic E-state index is 0. The van der Waals surface area contributed by atoms with Crippen LogP contribution >= 0.6 is 12.4 Å². The van der Waals surface area contributed by atoms with Gasteiger partial charge in [-0.15, -0.1) is 12.4 Å². The molecule has 0 aliphatic carbocycles. The number of rotatable bonds is 3. The molecule has 0 bridgehead atoms. The predicted molar refractivity (Wildman–Crippen MR) is 71.3 cm³/mol. The Balaban J connectivity index is 0.00000162. The molecule has 2 rings (SSSR count). The van der Waals surface area contributed by atoms with E-state index in [1.54, 1.807) is 12.3 Å².